The molecule has 0 aliphatic carbocycles. The minimum atomic E-state index is -0.862. The first-order valence-electron chi connectivity index (χ1n) is 6.85. The molecule has 0 saturated carbocycles. The second kappa shape index (κ2) is 9.27. The maximum atomic E-state index is 9.31. The Bertz CT molecular complexity index is 365. The lowest BCUT2D eigenvalue weighted by Gasteiger charge is -2.11. The SMILES string of the molecule is CCCNc1nc(NCC(O)CO)nc(OCCC)n1. The Balaban J connectivity index is 2.73. The molecule has 1 rings (SSSR count). The van der Waals surface area contributed by atoms with Crippen LogP contribution in [-0.2, 0) is 0 Å². The maximum absolute atomic E-state index is 9.31. The quantitative estimate of drug-likeness (QED) is 0.484. The molecule has 4 N–H and O–H groups in total. The van der Waals surface area contributed by atoms with Crippen LogP contribution in [0.5, 0.6) is 6.01 Å². The molecule has 8 heteroatoms. The predicted molar refractivity (Wildman–Crippen MR) is 76.0 cm³/mol. The molecule has 20 heavy (non-hydrogen) atoms. The molecule has 1 atom stereocenters. The van der Waals surface area contributed by atoms with E-state index in [0.29, 0.717) is 18.5 Å². The summed E-state index contributed by atoms with van der Waals surface area (Å²) in [5.74, 6) is 0.728. The standard InChI is InChI=1S/C12H23N5O3/c1-3-5-13-10-15-11(14-7-9(19)8-18)17-12(16-10)20-6-4-2/h9,18-19H,3-8H2,1-2H3,(H2,13,14,15,16,17). The number of hydrogen-bond acceptors (Lipinski definition) is 8. The number of nitrogens with one attached hydrogen (secondary N) is 2. The molecule has 1 unspecified atom stereocenters. The van der Waals surface area contributed by atoms with Gasteiger partial charge >= 0.3 is 6.01 Å². The summed E-state index contributed by atoms with van der Waals surface area (Å²) < 4.78 is 5.40. The van der Waals surface area contributed by atoms with Crippen molar-refractivity contribution in [2.24, 2.45) is 0 Å². The van der Waals surface area contributed by atoms with E-state index in [4.69, 9.17) is 9.84 Å². The molecule has 0 aliphatic rings. The van der Waals surface area contributed by atoms with Crippen molar-refractivity contribution in [1.29, 1.82) is 0 Å². The van der Waals surface area contributed by atoms with Crippen LogP contribution in [0.3, 0.4) is 0 Å². The van der Waals surface area contributed by atoms with Crippen LogP contribution in [0.15, 0.2) is 0 Å². The highest BCUT2D eigenvalue weighted by Gasteiger charge is 2.09. The number of rotatable bonds is 10. The van der Waals surface area contributed by atoms with Crippen molar-refractivity contribution in [1.82, 2.24) is 15.0 Å². The zero-order valence-electron chi connectivity index (χ0n) is 12.0. The fourth-order valence-corrected chi connectivity index (χ4v) is 1.28. The summed E-state index contributed by atoms with van der Waals surface area (Å²) in [5, 5.41) is 24.0. The molecule has 1 aromatic heterocycles. The number of anilines is 2. The van der Waals surface area contributed by atoms with Crippen LogP contribution in [0.2, 0.25) is 0 Å². The molecule has 0 bridgehead atoms. The molecule has 0 amide bonds. The Labute approximate surface area is 118 Å². The number of aliphatic hydroxyl groups is 2. The zero-order valence-corrected chi connectivity index (χ0v) is 12.0. The van der Waals surface area contributed by atoms with E-state index >= 15 is 0 Å². The lowest BCUT2D eigenvalue weighted by Crippen LogP contribution is -2.24. The lowest BCUT2D eigenvalue weighted by molar-refractivity contribution is 0.105. The lowest BCUT2D eigenvalue weighted by atomic mass is 10.4. The van der Waals surface area contributed by atoms with Gasteiger partial charge in [0.2, 0.25) is 11.9 Å². The van der Waals surface area contributed by atoms with Crippen LogP contribution in [-0.4, -0.2) is 57.6 Å². The van der Waals surface area contributed by atoms with Gasteiger partial charge in [0.05, 0.1) is 19.3 Å². The molecule has 0 spiro atoms. The van der Waals surface area contributed by atoms with Gasteiger partial charge < -0.3 is 25.6 Å². The minimum absolute atomic E-state index is 0.154. The smallest absolute Gasteiger partial charge is 0.323 e. The van der Waals surface area contributed by atoms with Crippen LogP contribution >= 0.6 is 0 Å². The first kappa shape index (κ1) is 16.4. The molecule has 0 saturated heterocycles. The van der Waals surface area contributed by atoms with E-state index in [0.717, 1.165) is 19.4 Å². The van der Waals surface area contributed by atoms with Crippen molar-refractivity contribution in [2.75, 3.05) is 36.9 Å². The van der Waals surface area contributed by atoms with E-state index in [1.54, 1.807) is 0 Å². The third kappa shape index (κ3) is 5.98. The molecule has 1 heterocycles. The average molecular weight is 285 g/mol. The van der Waals surface area contributed by atoms with Crippen LogP contribution in [0.1, 0.15) is 26.7 Å². The molecule has 8 nitrogen and oxygen atoms in total. The zero-order chi connectivity index (χ0) is 14.8. The normalized spacial score (nSPS) is 12.0. The van der Waals surface area contributed by atoms with E-state index in [9.17, 15) is 5.11 Å². The van der Waals surface area contributed by atoms with Crippen molar-refractivity contribution < 1.29 is 14.9 Å². The highest BCUT2D eigenvalue weighted by atomic mass is 16.5. The van der Waals surface area contributed by atoms with Crippen LogP contribution in [0.25, 0.3) is 0 Å². The first-order chi connectivity index (χ1) is 9.69. The van der Waals surface area contributed by atoms with E-state index < -0.39 is 6.10 Å². The average Bonchev–Trinajstić information content (AvgIpc) is 2.48. The van der Waals surface area contributed by atoms with E-state index in [-0.39, 0.29) is 19.2 Å². The van der Waals surface area contributed by atoms with Crippen LogP contribution < -0.4 is 15.4 Å². The maximum Gasteiger partial charge on any atom is 0.323 e. The Morgan fingerprint density at radius 2 is 1.80 bits per heavy atom. The molecule has 0 fully saturated rings. The molecule has 0 radical (unpaired) electrons. The summed E-state index contributed by atoms with van der Waals surface area (Å²) >= 11 is 0. The van der Waals surface area contributed by atoms with Crippen molar-refractivity contribution in [3.63, 3.8) is 0 Å². The molecule has 114 valence electrons. The second-order valence-corrected chi connectivity index (χ2v) is 4.26. The monoisotopic (exact) mass is 285 g/mol. The van der Waals surface area contributed by atoms with Gasteiger partial charge in [-0.1, -0.05) is 13.8 Å². The Kier molecular flexibility index (Phi) is 7.59. The van der Waals surface area contributed by atoms with Gasteiger partial charge in [0.15, 0.2) is 0 Å². The van der Waals surface area contributed by atoms with E-state index in [2.05, 4.69) is 25.6 Å². The highest BCUT2D eigenvalue weighted by molar-refractivity contribution is 5.35. The van der Waals surface area contributed by atoms with Gasteiger partial charge in [-0.15, -0.1) is 0 Å². The van der Waals surface area contributed by atoms with E-state index in [1.165, 1.54) is 0 Å². The van der Waals surface area contributed by atoms with Gasteiger partial charge in [0, 0.05) is 13.1 Å². The molecule has 0 aromatic carbocycles. The number of aliphatic hydroxyl groups excluding tert-OH is 2. The number of nitrogens with zero attached hydrogens (tertiary/aromatic N) is 3. The van der Waals surface area contributed by atoms with Gasteiger partial charge in [-0.3, -0.25) is 0 Å². The van der Waals surface area contributed by atoms with Crippen LogP contribution in [0, 0.1) is 0 Å². The molecular formula is C12H23N5O3. The number of hydrogen-bond donors (Lipinski definition) is 4. The molecular weight excluding hydrogens is 262 g/mol. The van der Waals surface area contributed by atoms with Crippen molar-refractivity contribution >= 4 is 11.9 Å². The van der Waals surface area contributed by atoms with Gasteiger partial charge in [-0.2, -0.15) is 15.0 Å². The summed E-state index contributed by atoms with van der Waals surface area (Å²) in [5.41, 5.74) is 0. The van der Waals surface area contributed by atoms with Gasteiger partial charge in [0.25, 0.3) is 0 Å². The van der Waals surface area contributed by atoms with Crippen molar-refractivity contribution in [3.8, 4) is 6.01 Å². The second-order valence-electron chi connectivity index (χ2n) is 4.26. The van der Waals surface area contributed by atoms with Gasteiger partial charge in [-0.25, -0.2) is 0 Å². The third-order valence-electron chi connectivity index (χ3n) is 2.29. The summed E-state index contributed by atoms with van der Waals surface area (Å²) in [4.78, 5) is 12.4. The van der Waals surface area contributed by atoms with Crippen LogP contribution in [0.4, 0.5) is 11.9 Å². The summed E-state index contributed by atoms with van der Waals surface area (Å²) in [6.45, 7) is 5.14. The summed E-state index contributed by atoms with van der Waals surface area (Å²) in [6, 6.07) is 0.237. The predicted octanol–water partition coefficient (Wildman–Crippen LogP) is 0.247. The number of ether oxygens (including phenoxy) is 1. The Morgan fingerprint density at radius 3 is 2.40 bits per heavy atom. The first-order valence-corrected chi connectivity index (χ1v) is 6.85. The Hall–Kier alpha value is -1.67. The van der Waals surface area contributed by atoms with Crippen molar-refractivity contribution in [3.05, 3.63) is 0 Å². The van der Waals surface area contributed by atoms with Gasteiger partial charge in [-0.05, 0) is 12.8 Å². The highest BCUT2D eigenvalue weighted by Crippen LogP contribution is 2.11. The topological polar surface area (TPSA) is 112 Å². The molecule has 0 aliphatic heterocycles. The number of aromatic nitrogens is 3. The summed E-state index contributed by atoms with van der Waals surface area (Å²) in [6.07, 6.45) is 0.942. The minimum Gasteiger partial charge on any atom is -0.463 e. The largest absolute Gasteiger partial charge is 0.463 e. The fraction of sp³-hybridized carbons (Fsp3) is 0.750. The Morgan fingerprint density at radius 1 is 1.10 bits per heavy atom. The molecule has 1 aromatic rings. The van der Waals surface area contributed by atoms with Crippen molar-refractivity contribution in [2.45, 2.75) is 32.8 Å². The summed E-state index contributed by atoms with van der Waals surface area (Å²) in [7, 11) is 0. The third-order valence-corrected chi connectivity index (χ3v) is 2.29. The fourth-order valence-electron chi connectivity index (χ4n) is 1.28. The van der Waals surface area contributed by atoms with Gasteiger partial charge in [0.1, 0.15) is 0 Å². The van der Waals surface area contributed by atoms with E-state index in [1.807, 2.05) is 13.8 Å².